The van der Waals surface area contributed by atoms with Gasteiger partial charge in [-0.15, -0.1) is 0 Å². The van der Waals surface area contributed by atoms with Crippen LogP contribution in [0.15, 0.2) is 26.6 Å². The molecule has 0 atom stereocenters. The number of rotatable bonds is 1. The topological polar surface area (TPSA) is 109 Å². The summed E-state index contributed by atoms with van der Waals surface area (Å²) in [7, 11) is -3.32. The Kier molecular flexibility index (Phi) is 2.63. The predicted octanol–water partition coefficient (Wildman–Crippen LogP) is -0.218. The number of aromatic amines is 1. The minimum absolute atomic E-state index is 0.0794. The maximum Gasteiger partial charge on any atom is 0.328 e. The first kappa shape index (κ1) is 12.5. The van der Waals surface area contributed by atoms with Crippen LogP contribution in [0.25, 0.3) is 10.9 Å². The van der Waals surface area contributed by atoms with Crippen LogP contribution in [0.2, 0.25) is 0 Å². The van der Waals surface area contributed by atoms with Crippen molar-refractivity contribution >= 4 is 21.0 Å². The van der Waals surface area contributed by atoms with Crippen molar-refractivity contribution in [1.82, 2.24) is 9.55 Å². The molecule has 0 saturated carbocycles. The second kappa shape index (κ2) is 3.79. The van der Waals surface area contributed by atoms with Gasteiger partial charge < -0.3 is 4.98 Å². The molecule has 2 aromatic rings. The zero-order valence-electron chi connectivity index (χ0n) is 9.59. The number of fused-ring (bicyclic) bond motifs is 1. The Morgan fingerprint density at radius 2 is 1.89 bits per heavy atom. The molecule has 7 nitrogen and oxygen atoms in total. The fourth-order valence-electron chi connectivity index (χ4n) is 1.73. The summed E-state index contributed by atoms with van der Waals surface area (Å²) >= 11 is 0. The van der Waals surface area contributed by atoms with Crippen molar-refractivity contribution in [3.8, 4) is 0 Å². The molecule has 0 fully saturated rings. The molecular weight excluding hydrogens is 260 g/mol. The van der Waals surface area contributed by atoms with Crippen molar-refractivity contribution in [1.29, 1.82) is 0 Å². The van der Waals surface area contributed by atoms with E-state index in [1.807, 2.05) is 0 Å². The van der Waals surface area contributed by atoms with Gasteiger partial charge >= 0.3 is 5.69 Å². The lowest BCUT2D eigenvalue weighted by Gasteiger charge is -2.06. The highest BCUT2D eigenvalue weighted by atomic mass is 32.2. The van der Waals surface area contributed by atoms with Gasteiger partial charge in [0.15, 0.2) is 0 Å². The van der Waals surface area contributed by atoms with Gasteiger partial charge in [-0.1, -0.05) is 0 Å². The van der Waals surface area contributed by atoms with Crippen LogP contribution in [0.4, 0.5) is 0 Å². The lowest BCUT2D eigenvalue weighted by Crippen LogP contribution is -2.33. The number of hydrogen-bond donors (Lipinski definition) is 2. The van der Waals surface area contributed by atoms with E-state index in [9.17, 15) is 18.0 Å². The quantitative estimate of drug-likeness (QED) is 0.696. The Labute approximate surface area is 101 Å². The van der Waals surface area contributed by atoms with Crippen LogP contribution in [0, 0.1) is 6.92 Å². The molecule has 8 heteroatoms. The molecule has 0 bridgehead atoms. The molecule has 0 saturated heterocycles. The molecule has 0 aliphatic heterocycles. The third-order valence-electron chi connectivity index (χ3n) is 2.59. The number of aryl methyl sites for hydroxylation is 1. The van der Waals surface area contributed by atoms with Crippen molar-refractivity contribution in [2.24, 2.45) is 7.05 Å². The van der Waals surface area contributed by atoms with E-state index in [1.54, 1.807) is 6.92 Å². The molecule has 0 radical (unpaired) electrons. The van der Waals surface area contributed by atoms with Gasteiger partial charge in [-0.3, -0.25) is 13.9 Å². The van der Waals surface area contributed by atoms with Crippen molar-refractivity contribution in [2.75, 3.05) is 0 Å². The first-order valence-corrected chi connectivity index (χ1v) is 6.37. The SMILES string of the molecule is Cc1cc(S(=O)(=O)O)c2c(=O)n(C)c(=O)[nH]c2c1. The first-order valence-electron chi connectivity index (χ1n) is 4.93. The molecule has 0 unspecified atom stereocenters. The standard InChI is InChI=1S/C10H10N2O5S/c1-5-3-6-8(7(4-5)18(15,16)17)9(13)12(2)10(14)11-6/h3-4H,1-2H3,(H,11,14)(H,15,16,17). The molecular formula is C10H10N2O5S. The minimum atomic E-state index is -4.54. The van der Waals surface area contributed by atoms with Gasteiger partial charge in [0.1, 0.15) is 4.90 Å². The van der Waals surface area contributed by atoms with Crippen molar-refractivity contribution in [3.05, 3.63) is 38.5 Å². The van der Waals surface area contributed by atoms with E-state index >= 15 is 0 Å². The lowest BCUT2D eigenvalue weighted by atomic mass is 10.2. The molecule has 1 aromatic carbocycles. The molecule has 96 valence electrons. The van der Waals surface area contributed by atoms with Crippen molar-refractivity contribution < 1.29 is 13.0 Å². The summed E-state index contributed by atoms with van der Waals surface area (Å²) in [6, 6.07) is 2.64. The highest BCUT2D eigenvalue weighted by molar-refractivity contribution is 7.86. The van der Waals surface area contributed by atoms with E-state index in [1.165, 1.54) is 19.2 Å². The normalized spacial score (nSPS) is 11.9. The summed E-state index contributed by atoms with van der Waals surface area (Å²) in [4.78, 5) is 25.2. The zero-order chi connectivity index (χ0) is 13.7. The van der Waals surface area contributed by atoms with E-state index in [0.29, 0.717) is 5.56 Å². The van der Waals surface area contributed by atoms with E-state index in [0.717, 1.165) is 4.57 Å². The second-order valence-electron chi connectivity index (χ2n) is 3.96. The second-order valence-corrected chi connectivity index (χ2v) is 5.34. The minimum Gasteiger partial charge on any atom is -0.307 e. The number of benzene rings is 1. The molecule has 0 aliphatic rings. The van der Waals surface area contributed by atoms with Crippen LogP contribution in [-0.4, -0.2) is 22.5 Å². The Morgan fingerprint density at radius 1 is 1.28 bits per heavy atom. The van der Waals surface area contributed by atoms with Crippen LogP contribution >= 0.6 is 0 Å². The fraction of sp³-hybridized carbons (Fsp3) is 0.200. The maximum absolute atomic E-state index is 11.9. The molecule has 2 rings (SSSR count). The molecule has 1 aromatic heterocycles. The Balaban J connectivity index is 3.20. The molecule has 0 amide bonds. The molecule has 0 aliphatic carbocycles. The lowest BCUT2D eigenvalue weighted by molar-refractivity contribution is 0.484. The molecule has 0 spiro atoms. The summed E-state index contributed by atoms with van der Waals surface area (Å²) in [5.41, 5.74) is -0.851. The van der Waals surface area contributed by atoms with Gasteiger partial charge in [-0.05, 0) is 24.6 Å². The largest absolute Gasteiger partial charge is 0.328 e. The van der Waals surface area contributed by atoms with Crippen LogP contribution < -0.4 is 11.2 Å². The number of nitrogens with zero attached hydrogens (tertiary/aromatic N) is 1. The van der Waals surface area contributed by atoms with Crippen LogP contribution in [0.3, 0.4) is 0 Å². The summed E-state index contributed by atoms with van der Waals surface area (Å²) in [6.07, 6.45) is 0. The number of aromatic nitrogens is 2. The predicted molar refractivity (Wildman–Crippen MR) is 64.4 cm³/mol. The Bertz CT molecular complexity index is 860. The van der Waals surface area contributed by atoms with Crippen molar-refractivity contribution in [3.63, 3.8) is 0 Å². The summed E-state index contributed by atoms with van der Waals surface area (Å²) in [5.74, 6) is 0. The number of nitrogens with one attached hydrogen (secondary N) is 1. The van der Waals surface area contributed by atoms with Gasteiger partial charge in [0.25, 0.3) is 15.7 Å². The smallest absolute Gasteiger partial charge is 0.307 e. The van der Waals surface area contributed by atoms with E-state index in [2.05, 4.69) is 4.98 Å². The van der Waals surface area contributed by atoms with Crippen LogP contribution in [0.5, 0.6) is 0 Å². The Hall–Kier alpha value is -1.93. The zero-order valence-corrected chi connectivity index (χ0v) is 10.4. The number of H-pyrrole nitrogens is 1. The number of hydrogen-bond acceptors (Lipinski definition) is 4. The molecule has 18 heavy (non-hydrogen) atoms. The molecule has 2 N–H and O–H groups in total. The van der Waals surface area contributed by atoms with Gasteiger partial charge in [0.05, 0.1) is 10.9 Å². The van der Waals surface area contributed by atoms with Crippen molar-refractivity contribution in [2.45, 2.75) is 11.8 Å². The highest BCUT2D eigenvalue weighted by Crippen LogP contribution is 2.19. The van der Waals surface area contributed by atoms with E-state index in [4.69, 9.17) is 4.55 Å². The third kappa shape index (κ3) is 1.85. The summed E-state index contributed by atoms with van der Waals surface area (Å²) in [5, 5.41) is -0.231. The van der Waals surface area contributed by atoms with Crippen LogP contribution in [-0.2, 0) is 17.2 Å². The monoisotopic (exact) mass is 270 g/mol. The summed E-state index contributed by atoms with van der Waals surface area (Å²) in [6.45, 7) is 1.59. The Morgan fingerprint density at radius 3 is 2.44 bits per heavy atom. The first-order chi connectivity index (χ1) is 8.21. The fourth-order valence-corrected chi connectivity index (χ4v) is 2.52. The average Bonchev–Trinajstić information content (AvgIpc) is 2.23. The van der Waals surface area contributed by atoms with E-state index in [-0.39, 0.29) is 10.9 Å². The maximum atomic E-state index is 11.9. The van der Waals surface area contributed by atoms with Gasteiger partial charge in [-0.25, -0.2) is 4.79 Å². The average molecular weight is 270 g/mol. The summed E-state index contributed by atoms with van der Waals surface area (Å²) < 4.78 is 32.4. The van der Waals surface area contributed by atoms with Gasteiger partial charge in [0, 0.05) is 7.05 Å². The molecule has 1 heterocycles. The van der Waals surface area contributed by atoms with Gasteiger partial charge in [0.2, 0.25) is 0 Å². The van der Waals surface area contributed by atoms with Crippen LogP contribution in [0.1, 0.15) is 5.56 Å². The van der Waals surface area contributed by atoms with Gasteiger partial charge in [-0.2, -0.15) is 8.42 Å². The highest BCUT2D eigenvalue weighted by Gasteiger charge is 2.19. The third-order valence-corrected chi connectivity index (χ3v) is 3.47. The van der Waals surface area contributed by atoms with E-state index < -0.39 is 26.3 Å².